The molecule has 0 saturated heterocycles. The maximum Gasteiger partial charge on any atom is 0.278 e. The first-order valence-corrected chi connectivity index (χ1v) is 8.04. The van der Waals surface area contributed by atoms with Gasteiger partial charge in [0.25, 0.3) is 5.91 Å². The first-order valence-electron chi connectivity index (χ1n) is 8.04. The third kappa shape index (κ3) is 3.52. The Labute approximate surface area is 147 Å². The summed E-state index contributed by atoms with van der Waals surface area (Å²) in [5, 5.41) is 11.6. The van der Waals surface area contributed by atoms with Gasteiger partial charge in [-0.15, -0.1) is 5.10 Å². The van der Waals surface area contributed by atoms with Crippen molar-refractivity contribution < 1.29 is 4.79 Å². The van der Waals surface area contributed by atoms with Crippen molar-refractivity contribution in [2.45, 2.75) is 13.8 Å². The van der Waals surface area contributed by atoms with Crippen molar-refractivity contribution in [2.75, 3.05) is 24.3 Å². The summed E-state index contributed by atoms with van der Waals surface area (Å²) in [4.78, 5) is 16.1. The smallest absolute Gasteiger partial charge is 0.278 e. The van der Waals surface area contributed by atoms with Gasteiger partial charge in [0, 0.05) is 25.5 Å². The van der Waals surface area contributed by atoms with E-state index in [0.717, 1.165) is 22.6 Å². The third-order valence-corrected chi connectivity index (χ3v) is 3.96. The van der Waals surface area contributed by atoms with Crippen LogP contribution in [0.1, 0.15) is 21.7 Å². The van der Waals surface area contributed by atoms with E-state index in [4.69, 9.17) is 0 Å². The van der Waals surface area contributed by atoms with Gasteiger partial charge < -0.3 is 10.2 Å². The highest BCUT2D eigenvalue weighted by Crippen LogP contribution is 2.22. The zero-order valence-corrected chi connectivity index (χ0v) is 14.8. The van der Waals surface area contributed by atoms with Crippen molar-refractivity contribution in [3.8, 4) is 5.69 Å². The maximum atomic E-state index is 12.6. The highest BCUT2D eigenvalue weighted by Gasteiger charge is 2.17. The van der Waals surface area contributed by atoms with Crippen LogP contribution in [0.2, 0.25) is 0 Å². The first kappa shape index (κ1) is 16.7. The minimum absolute atomic E-state index is 0.264. The molecule has 2 aromatic carbocycles. The predicted octanol–water partition coefficient (Wildman–Crippen LogP) is 3.20. The topological polar surface area (TPSA) is 63.1 Å². The van der Waals surface area contributed by atoms with Gasteiger partial charge >= 0.3 is 0 Å². The molecular formula is C19H21N5O. The Balaban J connectivity index is 1.84. The zero-order chi connectivity index (χ0) is 18.0. The van der Waals surface area contributed by atoms with E-state index < -0.39 is 0 Å². The van der Waals surface area contributed by atoms with E-state index in [1.54, 1.807) is 6.92 Å². The Kier molecular flexibility index (Phi) is 4.52. The number of carbonyl (C=O) groups excluding carboxylic acids is 1. The van der Waals surface area contributed by atoms with E-state index in [1.165, 1.54) is 4.80 Å². The number of nitrogens with one attached hydrogen (secondary N) is 1. The van der Waals surface area contributed by atoms with Crippen LogP contribution in [-0.2, 0) is 0 Å². The molecule has 0 bridgehead atoms. The molecule has 0 spiro atoms. The summed E-state index contributed by atoms with van der Waals surface area (Å²) < 4.78 is 0. The van der Waals surface area contributed by atoms with Crippen molar-refractivity contribution in [2.24, 2.45) is 0 Å². The van der Waals surface area contributed by atoms with Gasteiger partial charge in [-0.25, -0.2) is 0 Å². The van der Waals surface area contributed by atoms with E-state index in [9.17, 15) is 4.79 Å². The Hall–Kier alpha value is -3.15. The lowest BCUT2D eigenvalue weighted by Gasteiger charge is -2.15. The number of benzene rings is 2. The fourth-order valence-corrected chi connectivity index (χ4v) is 2.51. The minimum Gasteiger partial charge on any atom is -0.378 e. The van der Waals surface area contributed by atoms with Gasteiger partial charge in [-0.1, -0.05) is 18.2 Å². The van der Waals surface area contributed by atoms with Gasteiger partial charge in [-0.3, -0.25) is 4.79 Å². The van der Waals surface area contributed by atoms with Crippen LogP contribution in [0.4, 0.5) is 11.4 Å². The lowest BCUT2D eigenvalue weighted by molar-refractivity contribution is 0.102. The molecule has 1 amide bonds. The normalized spacial score (nSPS) is 10.6. The summed E-state index contributed by atoms with van der Waals surface area (Å²) in [6.07, 6.45) is 0. The lowest BCUT2D eigenvalue weighted by Crippen LogP contribution is -2.15. The van der Waals surface area contributed by atoms with Gasteiger partial charge in [0.05, 0.1) is 11.4 Å². The largest absolute Gasteiger partial charge is 0.378 e. The quantitative estimate of drug-likeness (QED) is 0.795. The number of hydrogen-bond donors (Lipinski definition) is 1. The summed E-state index contributed by atoms with van der Waals surface area (Å²) in [7, 11) is 3.97. The molecule has 1 N–H and O–H groups in total. The molecule has 3 aromatic rings. The number of aryl methyl sites for hydroxylation is 2. The van der Waals surface area contributed by atoms with Crippen LogP contribution in [0.15, 0.2) is 48.5 Å². The lowest BCUT2D eigenvalue weighted by atomic mass is 10.1. The molecule has 25 heavy (non-hydrogen) atoms. The van der Waals surface area contributed by atoms with E-state index in [-0.39, 0.29) is 5.91 Å². The van der Waals surface area contributed by atoms with Crippen molar-refractivity contribution >= 4 is 17.3 Å². The van der Waals surface area contributed by atoms with E-state index in [2.05, 4.69) is 15.5 Å². The number of para-hydroxylation sites is 1. The molecular weight excluding hydrogens is 314 g/mol. The number of rotatable bonds is 4. The number of carbonyl (C=O) groups is 1. The Morgan fingerprint density at radius 2 is 1.76 bits per heavy atom. The summed E-state index contributed by atoms with van der Waals surface area (Å²) >= 11 is 0. The fraction of sp³-hybridized carbons (Fsp3) is 0.211. The van der Waals surface area contributed by atoms with Crippen molar-refractivity contribution in [3.63, 3.8) is 0 Å². The predicted molar refractivity (Wildman–Crippen MR) is 99.6 cm³/mol. The van der Waals surface area contributed by atoms with Crippen LogP contribution in [0.25, 0.3) is 5.69 Å². The Bertz CT molecular complexity index is 899. The van der Waals surface area contributed by atoms with Crippen LogP contribution in [0.3, 0.4) is 0 Å². The molecule has 0 aliphatic heterocycles. The molecule has 0 atom stereocenters. The molecule has 0 unspecified atom stereocenters. The van der Waals surface area contributed by atoms with Crippen LogP contribution < -0.4 is 10.2 Å². The van der Waals surface area contributed by atoms with Gasteiger partial charge in [0.1, 0.15) is 0 Å². The molecule has 0 aliphatic carbocycles. The minimum atomic E-state index is -0.264. The SMILES string of the molecule is Cc1cc(N(C)C)ccc1NC(=O)c1nn(-c2ccccc2)nc1C. The summed E-state index contributed by atoms with van der Waals surface area (Å²) in [5.74, 6) is -0.264. The molecule has 1 heterocycles. The number of hydrogen-bond acceptors (Lipinski definition) is 4. The summed E-state index contributed by atoms with van der Waals surface area (Å²) in [6, 6.07) is 15.4. The number of anilines is 2. The monoisotopic (exact) mass is 335 g/mol. The highest BCUT2D eigenvalue weighted by molar-refractivity contribution is 6.04. The molecule has 128 valence electrons. The average molecular weight is 335 g/mol. The van der Waals surface area contributed by atoms with Crippen LogP contribution in [-0.4, -0.2) is 35.0 Å². The van der Waals surface area contributed by atoms with Crippen molar-refractivity contribution in [1.82, 2.24) is 15.0 Å². The molecule has 0 fully saturated rings. The molecule has 0 saturated carbocycles. The average Bonchev–Trinajstić information content (AvgIpc) is 2.99. The zero-order valence-electron chi connectivity index (χ0n) is 14.8. The number of aromatic nitrogens is 3. The third-order valence-electron chi connectivity index (χ3n) is 3.96. The van der Waals surface area contributed by atoms with Gasteiger partial charge in [-0.2, -0.15) is 9.90 Å². The second-order valence-electron chi connectivity index (χ2n) is 6.11. The first-order chi connectivity index (χ1) is 12.0. The standard InChI is InChI=1S/C19H21N5O/c1-13-12-16(23(3)4)10-11-17(13)20-19(25)18-14(2)21-24(22-18)15-8-6-5-7-9-15/h5-12H,1-4H3,(H,20,25). The van der Waals surface area contributed by atoms with Crippen molar-refractivity contribution in [1.29, 1.82) is 0 Å². The molecule has 6 heteroatoms. The molecule has 1 aromatic heterocycles. The maximum absolute atomic E-state index is 12.6. The molecule has 0 aliphatic rings. The molecule has 6 nitrogen and oxygen atoms in total. The highest BCUT2D eigenvalue weighted by atomic mass is 16.2. The second-order valence-corrected chi connectivity index (χ2v) is 6.11. The molecule has 0 radical (unpaired) electrons. The van der Waals surface area contributed by atoms with Gasteiger partial charge in [0.2, 0.25) is 0 Å². The van der Waals surface area contributed by atoms with Gasteiger partial charge in [0.15, 0.2) is 5.69 Å². The molecule has 3 rings (SSSR count). The second kappa shape index (κ2) is 6.76. The number of amides is 1. The fourth-order valence-electron chi connectivity index (χ4n) is 2.51. The Morgan fingerprint density at radius 1 is 1.04 bits per heavy atom. The van der Waals surface area contributed by atoms with E-state index >= 15 is 0 Å². The summed E-state index contributed by atoms with van der Waals surface area (Å²) in [5.41, 5.74) is 4.57. The number of nitrogens with zero attached hydrogens (tertiary/aromatic N) is 4. The van der Waals surface area contributed by atoms with Crippen molar-refractivity contribution in [3.05, 3.63) is 65.5 Å². The van der Waals surface area contributed by atoms with E-state index in [0.29, 0.717) is 11.4 Å². The summed E-state index contributed by atoms with van der Waals surface area (Å²) in [6.45, 7) is 3.75. The van der Waals surface area contributed by atoms with Crippen LogP contribution in [0, 0.1) is 13.8 Å². The van der Waals surface area contributed by atoms with Crippen LogP contribution in [0.5, 0.6) is 0 Å². The van der Waals surface area contributed by atoms with Crippen LogP contribution >= 0.6 is 0 Å². The Morgan fingerprint density at radius 3 is 2.40 bits per heavy atom. The van der Waals surface area contributed by atoms with E-state index in [1.807, 2.05) is 74.4 Å². The van der Waals surface area contributed by atoms with Gasteiger partial charge in [-0.05, 0) is 49.7 Å².